The molecule has 8 bridgehead atoms. The Bertz CT molecular complexity index is 1540. The molecule has 32 heavy (non-hydrogen) atoms. The van der Waals surface area contributed by atoms with Gasteiger partial charge < -0.3 is 9.97 Å². The second-order valence-corrected chi connectivity index (χ2v) is 8.03. The van der Waals surface area contributed by atoms with Crippen LogP contribution in [0.5, 0.6) is 0 Å². The summed E-state index contributed by atoms with van der Waals surface area (Å²) in [5, 5.41) is 0.720. The van der Waals surface area contributed by atoms with Crippen molar-refractivity contribution in [3.05, 3.63) is 94.5 Å². The first-order chi connectivity index (χ1) is 15.2. The number of benzene rings is 1. The molecule has 0 aliphatic carbocycles. The monoisotopic (exact) mass is 484 g/mol. The van der Waals surface area contributed by atoms with Gasteiger partial charge in [-0.1, -0.05) is 23.7 Å². The van der Waals surface area contributed by atoms with E-state index in [1.54, 1.807) is 0 Å². The third-order valence-corrected chi connectivity index (χ3v) is 5.58. The summed E-state index contributed by atoms with van der Waals surface area (Å²) in [7, 11) is 0. The Morgan fingerprint density at radius 1 is 0.562 bits per heavy atom. The Morgan fingerprint density at radius 2 is 1.09 bits per heavy atom. The van der Waals surface area contributed by atoms with E-state index in [9.17, 15) is 0 Å². The molecule has 0 unspecified atom stereocenters. The Labute approximate surface area is 202 Å². The number of hydrogen-bond acceptors (Lipinski definition) is 2. The number of rotatable bonds is 1. The quantitative estimate of drug-likeness (QED) is 0.247. The molecule has 1 aromatic carbocycles. The predicted octanol–water partition coefficient (Wildman–Crippen LogP) is 6.97. The van der Waals surface area contributed by atoms with E-state index in [2.05, 4.69) is 28.2 Å². The maximum atomic E-state index is 6.10. The van der Waals surface area contributed by atoms with Crippen LogP contribution in [0.4, 0.5) is 0 Å². The number of fused-ring (bicyclic) bond motifs is 8. The predicted molar refractivity (Wildman–Crippen MR) is 129 cm³/mol. The number of nitrogens with one attached hydrogen (secondary N) is 2. The van der Waals surface area contributed by atoms with Crippen molar-refractivity contribution < 1.29 is 19.5 Å². The van der Waals surface area contributed by atoms with E-state index in [1.807, 2.05) is 72.8 Å². The molecule has 2 aliphatic rings. The van der Waals surface area contributed by atoms with Crippen LogP contribution < -0.4 is 0 Å². The molecule has 2 N–H and O–H groups in total. The molecule has 0 atom stereocenters. The van der Waals surface area contributed by atoms with Crippen LogP contribution in [-0.4, -0.2) is 19.9 Å². The van der Waals surface area contributed by atoms with Gasteiger partial charge in [0, 0.05) is 52.1 Å². The second kappa shape index (κ2) is 8.35. The van der Waals surface area contributed by atoms with Crippen LogP contribution in [0.1, 0.15) is 22.8 Å². The van der Waals surface area contributed by atoms with Crippen molar-refractivity contribution >= 4 is 58.0 Å². The average molecular weight is 486 g/mol. The molecule has 0 radical (unpaired) electrons. The zero-order valence-electron chi connectivity index (χ0n) is 17.1. The molecule has 150 valence electrons. The Hall–Kier alpha value is -3.27. The van der Waals surface area contributed by atoms with Crippen molar-refractivity contribution in [3.63, 3.8) is 0 Å². The van der Waals surface area contributed by atoms with Crippen molar-refractivity contribution in [2.75, 3.05) is 0 Å². The number of aromatic amines is 2. The van der Waals surface area contributed by atoms with E-state index in [-0.39, 0.29) is 19.5 Å². The van der Waals surface area contributed by atoms with Gasteiger partial charge >= 0.3 is 0 Å². The minimum Gasteiger partial charge on any atom is -0.355 e. The van der Waals surface area contributed by atoms with Gasteiger partial charge in [-0.05, 0) is 84.5 Å². The van der Waals surface area contributed by atoms with E-state index in [4.69, 9.17) is 21.6 Å². The molecular weight excluding hydrogens is 469 g/mol. The van der Waals surface area contributed by atoms with Gasteiger partial charge in [0.1, 0.15) is 0 Å². The molecule has 0 spiro atoms. The first-order valence-electron chi connectivity index (χ1n) is 10.0. The van der Waals surface area contributed by atoms with Gasteiger partial charge in [0.2, 0.25) is 0 Å². The smallest absolute Gasteiger partial charge is 0.0658 e. The number of halogens is 1. The van der Waals surface area contributed by atoms with Crippen LogP contribution in [0.3, 0.4) is 0 Å². The van der Waals surface area contributed by atoms with Gasteiger partial charge in [0.15, 0.2) is 0 Å². The van der Waals surface area contributed by atoms with E-state index >= 15 is 0 Å². The van der Waals surface area contributed by atoms with Crippen LogP contribution in [0.15, 0.2) is 66.7 Å². The minimum atomic E-state index is 0. The van der Waals surface area contributed by atoms with Gasteiger partial charge in [0.25, 0.3) is 0 Å². The summed E-state index contributed by atoms with van der Waals surface area (Å²) in [4.78, 5) is 16.4. The third-order valence-electron chi connectivity index (χ3n) is 5.32. The van der Waals surface area contributed by atoms with Crippen molar-refractivity contribution in [2.24, 2.45) is 0 Å². The minimum absolute atomic E-state index is 0. The number of aromatic nitrogens is 4. The van der Waals surface area contributed by atoms with E-state index in [0.29, 0.717) is 0 Å². The van der Waals surface area contributed by atoms with Gasteiger partial charge in [-0.2, -0.15) is 0 Å². The Kier molecular flexibility index (Phi) is 5.38. The number of H-pyrrole nitrogens is 2. The van der Waals surface area contributed by atoms with Crippen LogP contribution in [0, 0.1) is 0 Å². The molecule has 6 heteroatoms. The molecule has 4 aromatic rings. The van der Waals surface area contributed by atoms with Gasteiger partial charge in [0.05, 0.1) is 22.8 Å². The van der Waals surface area contributed by atoms with E-state index in [0.717, 1.165) is 61.0 Å². The Morgan fingerprint density at radius 3 is 1.69 bits per heavy atom. The standard InChI is InChI=1S/C26H17ClN4.Zn/c27-17-3-1-16(2-4-17)25-14-24-13-22-8-7-20(29-22)11-18-5-6-19(28-18)12-21-9-10-23(30-21)15-26(25)31-24;/h1-15,28,31H;. The SMILES string of the molecule is Clc1ccc(-c2cc3cc4nc(cc5ccc(cc6nc(cc2[nH]3)C=C6)[nH]5)C=C4)cc1.[Zn]. The van der Waals surface area contributed by atoms with Gasteiger partial charge in [-0.25, -0.2) is 9.97 Å². The van der Waals surface area contributed by atoms with E-state index < -0.39 is 0 Å². The van der Waals surface area contributed by atoms with Crippen LogP contribution >= 0.6 is 11.6 Å². The van der Waals surface area contributed by atoms with Crippen molar-refractivity contribution in [1.29, 1.82) is 0 Å². The molecule has 3 aromatic heterocycles. The molecule has 0 saturated heterocycles. The van der Waals surface area contributed by atoms with Crippen molar-refractivity contribution in [1.82, 2.24) is 19.9 Å². The summed E-state index contributed by atoms with van der Waals surface area (Å²) < 4.78 is 0. The summed E-state index contributed by atoms with van der Waals surface area (Å²) in [5.74, 6) is 0. The first-order valence-corrected chi connectivity index (χ1v) is 10.4. The summed E-state index contributed by atoms with van der Waals surface area (Å²) in [6, 6.07) is 22.3. The summed E-state index contributed by atoms with van der Waals surface area (Å²) >= 11 is 6.10. The molecule has 0 fully saturated rings. The summed E-state index contributed by atoms with van der Waals surface area (Å²) in [6.07, 6.45) is 8.10. The second-order valence-electron chi connectivity index (χ2n) is 7.60. The molecule has 4 nitrogen and oxygen atoms in total. The molecule has 6 rings (SSSR count). The normalized spacial score (nSPS) is 12.0. The van der Waals surface area contributed by atoms with E-state index in [1.165, 1.54) is 0 Å². The molecule has 0 amide bonds. The van der Waals surface area contributed by atoms with Crippen molar-refractivity contribution in [3.8, 4) is 11.1 Å². The maximum absolute atomic E-state index is 6.10. The average Bonchev–Trinajstić information content (AvgIpc) is 3.54. The largest absolute Gasteiger partial charge is 0.355 e. The van der Waals surface area contributed by atoms with Gasteiger partial charge in [-0.3, -0.25) is 0 Å². The zero-order valence-corrected chi connectivity index (χ0v) is 20.9. The maximum Gasteiger partial charge on any atom is 0.0658 e. The first kappa shape index (κ1) is 20.6. The fraction of sp³-hybridized carbons (Fsp3) is 0. The summed E-state index contributed by atoms with van der Waals surface area (Å²) in [6.45, 7) is 0. The topological polar surface area (TPSA) is 57.4 Å². The zero-order chi connectivity index (χ0) is 20.8. The molecule has 5 heterocycles. The molecule has 2 aliphatic heterocycles. The van der Waals surface area contributed by atoms with Crippen LogP contribution in [-0.2, 0) is 19.5 Å². The molecule has 0 saturated carbocycles. The number of nitrogens with zero attached hydrogens (tertiary/aromatic N) is 2. The van der Waals surface area contributed by atoms with Crippen LogP contribution in [0.2, 0.25) is 5.02 Å². The summed E-state index contributed by atoms with van der Waals surface area (Å²) in [5.41, 5.74) is 9.79. The number of hydrogen-bond donors (Lipinski definition) is 2. The fourth-order valence-corrected chi connectivity index (χ4v) is 4.01. The molecular formula is C26H17ClN4Zn. The van der Waals surface area contributed by atoms with Gasteiger partial charge in [-0.15, -0.1) is 0 Å². The van der Waals surface area contributed by atoms with Crippen molar-refractivity contribution in [2.45, 2.75) is 0 Å². The third kappa shape index (κ3) is 4.10. The van der Waals surface area contributed by atoms with Crippen LogP contribution in [0.25, 0.3) is 57.5 Å². The Balaban J connectivity index is 0.00000216. The fourth-order valence-electron chi connectivity index (χ4n) is 3.89.